The second-order valence-electron chi connectivity index (χ2n) is 1.30. The van der Waals surface area contributed by atoms with Crippen LogP contribution in [0.25, 0.3) is 0 Å². The Balaban J connectivity index is 3.20. The minimum Gasteiger partial charge on any atom is -0.478 e. The predicted molar refractivity (Wildman–Crippen MR) is 30.7 cm³/mol. The van der Waals surface area contributed by atoms with Gasteiger partial charge in [-0.05, 0) is 7.05 Å². The fourth-order valence-corrected chi connectivity index (χ4v) is 0.278. The lowest BCUT2D eigenvalue weighted by Gasteiger charge is -1.83. The third-order valence-electron chi connectivity index (χ3n) is 0.582. The number of hydrogen-bond donors (Lipinski definition) is 2. The van der Waals surface area contributed by atoms with E-state index in [1.807, 2.05) is 0 Å². The van der Waals surface area contributed by atoms with Crippen LogP contribution in [-0.4, -0.2) is 24.7 Å². The van der Waals surface area contributed by atoms with Crippen molar-refractivity contribution in [3.8, 4) is 0 Å². The maximum atomic E-state index is 9.76. The van der Waals surface area contributed by atoms with Crippen LogP contribution in [0.4, 0.5) is 0 Å². The van der Waals surface area contributed by atoms with Crippen LogP contribution >= 0.6 is 0 Å². The minimum atomic E-state index is -0.903. The Morgan fingerprint density at radius 1 is 1.88 bits per heavy atom. The topological polar surface area (TPSA) is 49.3 Å². The number of nitrogens with one attached hydrogen (secondary N) is 1. The Morgan fingerprint density at radius 2 is 2.50 bits per heavy atom. The molecule has 0 radical (unpaired) electrons. The van der Waals surface area contributed by atoms with E-state index in [9.17, 15) is 4.79 Å². The molecule has 0 bridgehead atoms. The van der Waals surface area contributed by atoms with Crippen molar-refractivity contribution in [3.05, 3.63) is 12.2 Å². The van der Waals surface area contributed by atoms with Gasteiger partial charge in [0.1, 0.15) is 0 Å². The van der Waals surface area contributed by atoms with Crippen molar-refractivity contribution < 1.29 is 9.90 Å². The lowest BCUT2D eigenvalue weighted by molar-refractivity contribution is -0.131. The minimum absolute atomic E-state index is 0.603. The number of likely N-dealkylation sites (N-methyl/N-ethyl adjacent to an activating group) is 1. The Morgan fingerprint density at radius 3 is 2.88 bits per heavy atom. The summed E-state index contributed by atoms with van der Waals surface area (Å²) in [4.78, 5) is 9.76. The van der Waals surface area contributed by atoms with Gasteiger partial charge in [0.2, 0.25) is 0 Å². The van der Waals surface area contributed by atoms with Crippen molar-refractivity contribution in [3.63, 3.8) is 0 Å². The number of carboxylic acid groups (broad SMARTS) is 1. The summed E-state index contributed by atoms with van der Waals surface area (Å²) in [6, 6.07) is 0. The molecule has 2 N–H and O–H groups in total. The van der Waals surface area contributed by atoms with E-state index in [1.54, 1.807) is 13.1 Å². The molecule has 0 aliphatic rings. The number of carboxylic acids is 1. The van der Waals surface area contributed by atoms with Crippen molar-refractivity contribution in [2.45, 2.75) is 0 Å². The highest BCUT2D eigenvalue weighted by Crippen LogP contribution is 1.67. The summed E-state index contributed by atoms with van der Waals surface area (Å²) in [6.07, 6.45) is 2.65. The lowest BCUT2D eigenvalue weighted by Crippen LogP contribution is -2.04. The zero-order valence-corrected chi connectivity index (χ0v) is 4.72. The average molecular weight is 115 g/mol. The van der Waals surface area contributed by atoms with Crippen molar-refractivity contribution in [2.24, 2.45) is 0 Å². The first-order valence-corrected chi connectivity index (χ1v) is 2.31. The summed E-state index contributed by atoms with van der Waals surface area (Å²) in [7, 11) is 1.76. The summed E-state index contributed by atoms with van der Waals surface area (Å²) < 4.78 is 0. The molecule has 0 spiro atoms. The molecule has 0 aliphatic carbocycles. The van der Waals surface area contributed by atoms with E-state index < -0.39 is 5.97 Å². The van der Waals surface area contributed by atoms with E-state index in [0.29, 0.717) is 6.54 Å². The quantitative estimate of drug-likeness (QED) is 0.503. The Labute approximate surface area is 48.0 Å². The largest absolute Gasteiger partial charge is 0.478 e. The zero-order valence-electron chi connectivity index (χ0n) is 4.72. The maximum absolute atomic E-state index is 9.76. The van der Waals surface area contributed by atoms with Gasteiger partial charge in [-0.2, -0.15) is 0 Å². The van der Waals surface area contributed by atoms with E-state index in [1.165, 1.54) is 0 Å². The summed E-state index contributed by atoms with van der Waals surface area (Å²) in [5.41, 5.74) is 0. The first-order chi connectivity index (χ1) is 3.77. The number of rotatable bonds is 3. The van der Waals surface area contributed by atoms with Crippen LogP contribution in [0.5, 0.6) is 0 Å². The van der Waals surface area contributed by atoms with Gasteiger partial charge in [-0.3, -0.25) is 0 Å². The molecule has 0 aromatic rings. The summed E-state index contributed by atoms with van der Waals surface area (Å²) >= 11 is 0. The third kappa shape index (κ3) is 5.17. The smallest absolute Gasteiger partial charge is 0.328 e. The highest BCUT2D eigenvalue weighted by Gasteiger charge is 1.80. The van der Waals surface area contributed by atoms with Crippen LogP contribution in [0.2, 0.25) is 0 Å². The van der Waals surface area contributed by atoms with Gasteiger partial charge in [0.15, 0.2) is 0 Å². The third-order valence-corrected chi connectivity index (χ3v) is 0.582. The molecule has 0 saturated carbocycles. The van der Waals surface area contributed by atoms with Crippen LogP contribution in [0.1, 0.15) is 0 Å². The Bertz CT molecular complexity index is 98.6. The van der Waals surface area contributed by atoms with Gasteiger partial charge in [-0.15, -0.1) is 0 Å². The molecule has 0 aliphatic heterocycles. The average Bonchev–Trinajstić information content (AvgIpc) is 1.66. The normalized spacial score (nSPS) is 10.1. The maximum Gasteiger partial charge on any atom is 0.328 e. The van der Waals surface area contributed by atoms with Gasteiger partial charge in [-0.25, -0.2) is 4.79 Å². The summed E-state index contributed by atoms with van der Waals surface area (Å²) in [5.74, 6) is -0.903. The van der Waals surface area contributed by atoms with Crippen molar-refractivity contribution >= 4 is 5.97 Å². The van der Waals surface area contributed by atoms with Crippen molar-refractivity contribution in [2.75, 3.05) is 13.6 Å². The molecule has 0 unspecified atom stereocenters. The first-order valence-electron chi connectivity index (χ1n) is 2.31. The van der Waals surface area contributed by atoms with Gasteiger partial charge in [-0.1, -0.05) is 6.08 Å². The molecule has 8 heavy (non-hydrogen) atoms. The van der Waals surface area contributed by atoms with Gasteiger partial charge in [0.25, 0.3) is 0 Å². The van der Waals surface area contributed by atoms with E-state index in [-0.39, 0.29) is 0 Å². The molecule has 0 aromatic heterocycles. The number of carbonyl (C=O) groups is 1. The second-order valence-corrected chi connectivity index (χ2v) is 1.30. The standard InChI is InChI=1S/C5H9NO2/c1-6-4-2-3-5(7)8/h2-3,6H,4H2,1H3,(H,7,8). The predicted octanol–water partition coefficient (Wildman–Crippen LogP) is -0.153. The number of hydrogen-bond acceptors (Lipinski definition) is 2. The van der Waals surface area contributed by atoms with Crippen LogP contribution in [-0.2, 0) is 4.79 Å². The monoisotopic (exact) mass is 115 g/mol. The summed E-state index contributed by atoms with van der Waals surface area (Å²) in [5, 5.41) is 10.8. The molecule has 46 valence electrons. The Kier molecular flexibility index (Phi) is 3.88. The Hall–Kier alpha value is -0.830. The fourth-order valence-electron chi connectivity index (χ4n) is 0.278. The van der Waals surface area contributed by atoms with Gasteiger partial charge in [0.05, 0.1) is 0 Å². The van der Waals surface area contributed by atoms with Gasteiger partial charge in [0, 0.05) is 12.6 Å². The molecule has 0 rings (SSSR count). The molecule has 0 atom stereocenters. The highest BCUT2D eigenvalue weighted by atomic mass is 16.4. The molecular formula is C5H9NO2. The summed E-state index contributed by atoms with van der Waals surface area (Å²) in [6.45, 7) is 0.603. The van der Waals surface area contributed by atoms with Gasteiger partial charge >= 0.3 is 5.97 Å². The SMILES string of the molecule is CNCC=CC(=O)O. The molecule has 0 saturated heterocycles. The highest BCUT2D eigenvalue weighted by molar-refractivity contribution is 5.79. The van der Waals surface area contributed by atoms with Crippen LogP contribution < -0.4 is 5.32 Å². The molecule has 3 nitrogen and oxygen atoms in total. The molecule has 3 heteroatoms. The fraction of sp³-hybridized carbons (Fsp3) is 0.400. The van der Waals surface area contributed by atoms with Gasteiger partial charge < -0.3 is 10.4 Å². The second kappa shape index (κ2) is 4.33. The van der Waals surface area contributed by atoms with Crippen molar-refractivity contribution in [1.82, 2.24) is 5.32 Å². The molecule has 0 aromatic carbocycles. The van der Waals surface area contributed by atoms with E-state index in [4.69, 9.17) is 5.11 Å². The van der Waals surface area contributed by atoms with Crippen LogP contribution in [0.15, 0.2) is 12.2 Å². The lowest BCUT2D eigenvalue weighted by atomic mass is 10.5. The van der Waals surface area contributed by atoms with E-state index in [2.05, 4.69) is 5.32 Å². The van der Waals surface area contributed by atoms with E-state index >= 15 is 0 Å². The van der Waals surface area contributed by atoms with Crippen LogP contribution in [0.3, 0.4) is 0 Å². The molecule has 0 heterocycles. The molecule has 0 amide bonds. The zero-order chi connectivity index (χ0) is 6.41. The molecular weight excluding hydrogens is 106 g/mol. The van der Waals surface area contributed by atoms with E-state index in [0.717, 1.165) is 6.08 Å². The first kappa shape index (κ1) is 7.17. The van der Waals surface area contributed by atoms with Crippen LogP contribution in [0, 0.1) is 0 Å². The van der Waals surface area contributed by atoms with Crippen molar-refractivity contribution in [1.29, 1.82) is 0 Å². The number of aliphatic carboxylic acids is 1. The molecule has 0 fully saturated rings.